The van der Waals surface area contributed by atoms with Crippen molar-refractivity contribution < 1.29 is 23.8 Å². The summed E-state index contributed by atoms with van der Waals surface area (Å²) in [5.74, 6) is 0.355. The van der Waals surface area contributed by atoms with Gasteiger partial charge < -0.3 is 19.5 Å². The van der Waals surface area contributed by atoms with Gasteiger partial charge in [0.25, 0.3) is 5.91 Å². The SMILES string of the molecule is O=C(COC(=O)c1cccnc1Cl)NCCc1ccc2c(c1)OCCO2. The third kappa shape index (κ3) is 4.64. The van der Waals surface area contributed by atoms with Crippen molar-refractivity contribution in [2.24, 2.45) is 0 Å². The van der Waals surface area contributed by atoms with Gasteiger partial charge in [-0.3, -0.25) is 4.79 Å². The van der Waals surface area contributed by atoms with Crippen molar-refractivity contribution in [2.45, 2.75) is 6.42 Å². The smallest absolute Gasteiger partial charge is 0.341 e. The summed E-state index contributed by atoms with van der Waals surface area (Å²) in [5.41, 5.74) is 1.13. The fourth-order valence-electron chi connectivity index (χ4n) is 2.39. The third-order valence-electron chi connectivity index (χ3n) is 3.66. The van der Waals surface area contributed by atoms with E-state index in [4.69, 9.17) is 25.8 Å². The molecule has 1 aromatic carbocycles. The Bertz CT molecular complexity index is 812. The van der Waals surface area contributed by atoms with Crippen LogP contribution in [-0.2, 0) is 16.0 Å². The predicted octanol–water partition coefficient (Wildman–Crippen LogP) is 2.02. The number of ether oxygens (including phenoxy) is 3. The van der Waals surface area contributed by atoms with Crippen LogP contribution >= 0.6 is 11.6 Å². The summed E-state index contributed by atoms with van der Waals surface area (Å²) >= 11 is 5.80. The lowest BCUT2D eigenvalue weighted by Crippen LogP contribution is -2.30. The molecule has 0 aliphatic carbocycles. The number of aromatic nitrogens is 1. The highest BCUT2D eigenvalue weighted by Crippen LogP contribution is 2.30. The molecule has 136 valence electrons. The number of esters is 1. The Morgan fingerprint density at radius 1 is 1.19 bits per heavy atom. The summed E-state index contributed by atoms with van der Waals surface area (Å²) in [4.78, 5) is 27.4. The van der Waals surface area contributed by atoms with E-state index >= 15 is 0 Å². The van der Waals surface area contributed by atoms with Crippen LogP contribution in [0.5, 0.6) is 11.5 Å². The summed E-state index contributed by atoms with van der Waals surface area (Å²) in [6.07, 6.45) is 2.08. The molecule has 0 saturated carbocycles. The first kappa shape index (κ1) is 18.0. The quantitative estimate of drug-likeness (QED) is 0.613. The average Bonchev–Trinajstić information content (AvgIpc) is 2.66. The van der Waals surface area contributed by atoms with E-state index < -0.39 is 11.9 Å². The predicted molar refractivity (Wildman–Crippen MR) is 93.7 cm³/mol. The molecule has 3 rings (SSSR count). The van der Waals surface area contributed by atoms with Crippen LogP contribution in [0.1, 0.15) is 15.9 Å². The normalized spacial score (nSPS) is 12.3. The highest BCUT2D eigenvalue weighted by molar-refractivity contribution is 6.32. The van der Waals surface area contributed by atoms with E-state index in [1.165, 1.54) is 12.3 Å². The number of rotatable bonds is 6. The maximum atomic E-state index is 11.8. The molecule has 8 heteroatoms. The maximum Gasteiger partial charge on any atom is 0.341 e. The number of nitrogens with one attached hydrogen (secondary N) is 1. The number of fused-ring (bicyclic) bond motifs is 1. The van der Waals surface area contributed by atoms with Crippen molar-refractivity contribution in [1.82, 2.24) is 10.3 Å². The number of benzene rings is 1. The molecule has 7 nitrogen and oxygen atoms in total. The zero-order valence-electron chi connectivity index (χ0n) is 13.9. The van der Waals surface area contributed by atoms with Crippen molar-refractivity contribution in [3.63, 3.8) is 0 Å². The number of amides is 1. The molecule has 0 saturated heterocycles. The van der Waals surface area contributed by atoms with E-state index in [9.17, 15) is 9.59 Å². The van der Waals surface area contributed by atoms with Crippen molar-refractivity contribution in [3.8, 4) is 11.5 Å². The number of pyridine rings is 1. The molecule has 0 atom stereocenters. The molecule has 26 heavy (non-hydrogen) atoms. The van der Waals surface area contributed by atoms with Gasteiger partial charge in [0, 0.05) is 12.7 Å². The molecule has 2 aromatic rings. The second-order valence-electron chi connectivity index (χ2n) is 5.50. The van der Waals surface area contributed by atoms with Gasteiger partial charge in [0.05, 0.1) is 5.56 Å². The van der Waals surface area contributed by atoms with Gasteiger partial charge in [-0.15, -0.1) is 0 Å². The van der Waals surface area contributed by atoms with Crippen molar-refractivity contribution in [2.75, 3.05) is 26.4 Å². The number of carbonyl (C=O) groups is 2. The van der Waals surface area contributed by atoms with Crippen LogP contribution in [0.15, 0.2) is 36.5 Å². The van der Waals surface area contributed by atoms with E-state index in [0.29, 0.717) is 31.9 Å². The highest BCUT2D eigenvalue weighted by Gasteiger charge is 2.14. The van der Waals surface area contributed by atoms with Crippen LogP contribution in [-0.4, -0.2) is 43.2 Å². The molecular weight excluding hydrogens is 360 g/mol. The van der Waals surface area contributed by atoms with Crippen LogP contribution in [0.2, 0.25) is 5.15 Å². The Morgan fingerprint density at radius 3 is 2.81 bits per heavy atom. The largest absolute Gasteiger partial charge is 0.486 e. The number of halogens is 1. The monoisotopic (exact) mass is 376 g/mol. The first-order valence-electron chi connectivity index (χ1n) is 8.06. The molecule has 1 aliphatic heterocycles. The lowest BCUT2D eigenvalue weighted by atomic mass is 10.1. The molecule has 1 N–H and O–H groups in total. The minimum Gasteiger partial charge on any atom is -0.486 e. The second kappa shape index (κ2) is 8.53. The van der Waals surface area contributed by atoms with E-state index in [1.54, 1.807) is 6.07 Å². The van der Waals surface area contributed by atoms with Gasteiger partial charge in [0.1, 0.15) is 18.4 Å². The first-order valence-corrected chi connectivity index (χ1v) is 8.44. The lowest BCUT2D eigenvalue weighted by Gasteiger charge is -2.18. The minimum atomic E-state index is -0.690. The van der Waals surface area contributed by atoms with Gasteiger partial charge in [-0.05, 0) is 36.2 Å². The summed E-state index contributed by atoms with van der Waals surface area (Å²) < 4.78 is 15.9. The van der Waals surface area contributed by atoms with Gasteiger partial charge in [0.2, 0.25) is 0 Å². The van der Waals surface area contributed by atoms with E-state index in [-0.39, 0.29) is 17.3 Å². The van der Waals surface area contributed by atoms with Gasteiger partial charge in [-0.1, -0.05) is 17.7 Å². The minimum absolute atomic E-state index is 0.0384. The maximum absolute atomic E-state index is 11.8. The standard InChI is InChI=1S/C18H17ClN2O5/c19-17-13(2-1-6-21-17)18(23)26-11-16(22)20-7-5-12-3-4-14-15(10-12)25-9-8-24-14/h1-4,6,10H,5,7-9,11H2,(H,20,22). The van der Waals surface area contributed by atoms with Gasteiger partial charge >= 0.3 is 5.97 Å². The van der Waals surface area contributed by atoms with Crippen LogP contribution in [0, 0.1) is 0 Å². The van der Waals surface area contributed by atoms with Gasteiger partial charge in [-0.2, -0.15) is 0 Å². The zero-order chi connectivity index (χ0) is 18.4. The fourth-order valence-corrected chi connectivity index (χ4v) is 2.58. The molecule has 0 unspecified atom stereocenters. The van der Waals surface area contributed by atoms with Crippen molar-refractivity contribution in [3.05, 3.63) is 52.8 Å². The summed E-state index contributed by atoms with van der Waals surface area (Å²) in [6, 6.07) is 8.72. The fraction of sp³-hybridized carbons (Fsp3) is 0.278. The van der Waals surface area contributed by atoms with E-state index in [1.807, 2.05) is 18.2 Å². The number of hydrogen-bond acceptors (Lipinski definition) is 6. The Morgan fingerprint density at radius 2 is 2.00 bits per heavy atom. The number of hydrogen-bond donors (Lipinski definition) is 1. The van der Waals surface area contributed by atoms with Gasteiger partial charge in [-0.25, -0.2) is 9.78 Å². The van der Waals surface area contributed by atoms with Crippen molar-refractivity contribution >= 4 is 23.5 Å². The molecule has 0 fully saturated rings. The molecular formula is C18H17ClN2O5. The summed E-state index contributed by atoms with van der Waals surface area (Å²) in [5, 5.41) is 2.73. The topological polar surface area (TPSA) is 86.8 Å². The lowest BCUT2D eigenvalue weighted by molar-refractivity contribution is -0.124. The molecule has 2 heterocycles. The van der Waals surface area contributed by atoms with Crippen LogP contribution in [0.25, 0.3) is 0 Å². The Balaban J connectivity index is 1.42. The summed E-state index contributed by atoms with van der Waals surface area (Å²) in [7, 11) is 0. The first-order chi connectivity index (χ1) is 12.6. The van der Waals surface area contributed by atoms with Crippen LogP contribution in [0.3, 0.4) is 0 Å². The van der Waals surface area contributed by atoms with Crippen LogP contribution < -0.4 is 14.8 Å². The molecule has 1 aliphatic rings. The zero-order valence-corrected chi connectivity index (χ0v) is 14.6. The van der Waals surface area contributed by atoms with E-state index in [0.717, 1.165) is 11.3 Å². The molecule has 1 aromatic heterocycles. The van der Waals surface area contributed by atoms with E-state index in [2.05, 4.69) is 10.3 Å². The average molecular weight is 377 g/mol. The van der Waals surface area contributed by atoms with Gasteiger partial charge in [0.15, 0.2) is 18.1 Å². The highest BCUT2D eigenvalue weighted by atomic mass is 35.5. The molecule has 0 bridgehead atoms. The second-order valence-corrected chi connectivity index (χ2v) is 5.85. The molecule has 1 amide bonds. The Hall–Kier alpha value is -2.80. The number of nitrogens with zero attached hydrogens (tertiary/aromatic N) is 1. The molecule has 0 spiro atoms. The molecule has 0 radical (unpaired) electrons. The summed E-state index contributed by atoms with van der Waals surface area (Å²) in [6.45, 7) is 1.10. The third-order valence-corrected chi connectivity index (χ3v) is 3.96. The van der Waals surface area contributed by atoms with Crippen molar-refractivity contribution in [1.29, 1.82) is 0 Å². The Kier molecular flexibility index (Phi) is 5.91. The number of carbonyl (C=O) groups excluding carboxylic acids is 2. The van der Waals surface area contributed by atoms with Crippen LogP contribution in [0.4, 0.5) is 0 Å². The Labute approximate surface area is 155 Å².